The second-order valence-electron chi connectivity index (χ2n) is 8.90. The molecule has 3 aromatic heterocycles. The topological polar surface area (TPSA) is 121 Å². The molecule has 1 atom stereocenters. The van der Waals surface area contributed by atoms with Gasteiger partial charge >= 0.3 is 5.97 Å². The average molecular weight is 516 g/mol. The van der Waals surface area contributed by atoms with Gasteiger partial charge in [0.1, 0.15) is 5.52 Å². The quantitative estimate of drug-likeness (QED) is 0.234. The minimum atomic E-state index is -1.32. The van der Waals surface area contributed by atoms with Crippen molar-refractivity contribution < 1.29 is 9.53 Å². The SMILES string of the molecule is CCOC(=O)[C@@](C)(N)NCc1ccc(-c2ccc3nnn(Cc4ccc5ncccc5c4)c3n2)cc1Cl. The number of ether oxygens (including phenoxy) is 1. The third kappa shape index (κ3) is 5.29. The van der Waals surface area contributed by atoms with Gasteiger partial charge in [0, 0.05) is 28.7 Å². The minimum absolute atomic E-state index is 0.258. The summed E-state index contributed by atoms with van der Waals surface area (Å²) >= 11 is 6.57. The highest BCUT2D eigenvalue weighted by Crippen LogP contribution is 2.26. The van der Waals surface area contributed by atoms with Gasteiger partial charge in [-0.25, -0.2) is 14.5 Å². The van der Waals surface area contributed by atoms with E-state index in [-0.39, 0.29) is 6.61 Å². The van der Waals surface area contributed by atoms with Crippen LogP contribution in [0.1, 0.15) is 25.0 Å². The predicted molar refractivity (Wildman–Crippen MR) is 143 cm³/mol. The van der Waals surface area contributed by atoms with Gasteiger partial charge in [0.25, 0.3) is 0 Å². The average Bonchev–Trinajstić information content (AvgIpc) is 3.30. The van der Waals surface area contributed by atoms with Crippen molar-refractivity contribution in [2.24, 2.45) is 5.73 Å². The van der Waals surface area contributed by atoms with Gasteiger partial charge in [0.2, 0.25) is 0 Å². The maximum atomic E-state index is 12.0. The van der Waals surface area contributed by atoms with Crippen LogP contribution in [-0.2, 0) is 22.6 Å². The lowest BCUT2D eigenvalue weighted by Gasteiger charge is -2.24. The number of nitrogens with one attached hydrogen (secondary N) is 1. The normalized spacial score (nSPS) is 13.1. The van der Waals surface area contributed by atoms with Crippen molar-refractivity contribution in [3.8, 4) is 11.3 Å². The highest BCUT2D eigenvalue weighted by molar-refractivity contribution is 6.31. The number of carbonyl (C=O) groups excluding carboxylic acids is 1. The summed E-state index contributed by atoms with van der Waals surface area (Å²) < 4.78 is 6.80. The van der Waals surface area contributed by atoms with E-state index in [1.54, 1.807) is 24.7 Å². The van der Waals surface area contributed by atoms with Crippen molar-refractivity contribution in [1.82, 2.24) is 30.3 Å². The van der Waals surface area contributed by atoms with E-state index in [2.05, 4.69) is 26.7 Å². The zero-order chi connectivity index (χ0) is 26.0. The number of fused-ring (bicyclic) bond motifs is 2. The monoisotopic (exact) mass is 515 g/mol. The molecular formula is C27H26ClN7O2. The number of nitrogens with two attached hydrogens (primary N) is 1. The van der Waals surface area contributed by atoms with Gasteiger partial charge in [-0.15, -0.1) is 5.10 Å². The highest BCUT2D eigenvalue weighted by Gasteiger charge is 2.29. The summed E-state index contributed by atoms with van der Waals surface area (Å²) in [5.74, 6) is -0.522. The fourth-order valence-corrected chi connectivity index (χ4v) is 4.25. The fraction of sp³-hybridized carbons (Fsp3) is 0.222. The number of nitrogens with zero attached hydrogens (tertiary/aromatic N) is 5. The molecule has 0 bridgehead atoms. The predicted octanol–water partition coefficient (Wildman–Crippen LogP) is 4.07. The summed E-state index contributed by atoms with van der Waals surface area (Å²) in [4.78, 5) is 21.2. The van der Waals surface area contributed by atoms with Crippen LogP contribution in [0.25, 0.3) is 33.3 Å². The molecule has 0 aliphatic rings. The molecule has 0 unspecified atom stereocenters. The Morgan fingerprint density at radius 2 is 1.97 bits per heavy atom. The first-order valence-electron chi connectivity index (χ1n) is 11.9. The first-order valence-corrected chi connectivity index (χ1v) is 12.3. The van der Waals surface area contributed by atoms with Gasteiger partial charge in [0.05, 0.1) is 24.4 Å². The molecule has 0 fully saturated rings. The van der Waals surface area contributed by atoms with Crippen LogP contribution in [0, 0.1) is 0 Å². The van der Waals surface area contributed by atoms with Crippen molar-refractivity contribution >= 4 is 39.6 Å². The van der Waals surface area contributed by atoms with Crippen LogP contribution in [-0.4, -0.2) is 43.2 Å². The molecule has 3 N–H and O–H groups in total. The molecule has 9 nitrogen and oxygen atoms in total. The summed E-state index contributed by atoms with van der Waals surface area (Å²) in [6.45, 7) is 4.39. The summed E-state index contributed by atoms with van der Waals surface area (Å²) in [6.07, 6.45) is 1.78. The van der Waals surface area contributed by atoms with E-state index in [0.29, 0.717) is 29.3 Å². The number of hydrogen-bond donors (Lipinski definition) is 2. The Labute approximate surface area is 218 Å². The fourth-order valence-electron chi connectivity index (χ4n) is 4.00. The molecule has 0 spiro atoms. The van der Waals surface area contributed by atoms with Gasteiger partial charge in [-0.05, 0) is 61.4 Å². The van der Waals surface area contributed by atoms with Gasteiger partial charge in [-0.3, -0.25) is 10.3 Å². The number of halogens is 1. The van der Waals surface area contributed by atoms with Crippen LogP contribution < -0.4 is 11.1 Å². The Kier molecular flexibility index (Phi) is 6.84. The Balaban J connectivity index is 1.37. The second-order valence-corrected chi connectivity index (χ2v) is 9.31. The zero-order valence-electron chi connectivity index (χ0n) is 20.5. The summed E-state index contributed by atoms with van der Waals surface area (Å²) in [7, 11) is 0. The number of hydrogen-bond acceptors (Lipinski definition) is 8. The summed E-state index contributed by atoms with van der Waals surface area (Å²) in [6, 6.07) is 19.5. The number of aromatic nitrogens is 5. The van der Waals surface area contributed by atoms with Gasteiger partial charge < -0.3 is 10.5 Å². The van der Waals surface area contributed by atoms with E-state index in [0.717, 1.165) is 33.3 Å². The van der Waals surface area contributed by atoms with Crippen LogP contribution in [0.5, 0.6) is 0 Å². The van der Waals surface area contributed by atoms with Crippen molar-refractivity contribution in [2.75, 3.05) is 6.61 Å². The summed E-state index contributed by atoms with van der Waals surface area (Å²) in [5, 5.41) is 13.2. The maximum absolute atomic E-state index is 12.0. The molecule has 5 aromatic rings. The van der Waals surface area contributed by atoms with Gasteiger partial charge in [0.15, 0.2) is 11.3 Å². The Morgan fingerprint density at radius 1 is 1.14 bits per heavy atom. The van der Waals surface area contributed by atoms with Crippen molar-refractivity contribution in [2.45, 2.75) is 32.6 Å². The van der Waals surface area contributed by atoms with Gasteiger partial charge in [-0.2, -0.15) is 0 Å². The lowest BCUT2D eigenvalue weighted by Crippen LogP contribution is -2.57. The van der Waals surface area contributed by atoms with Crippen LogP contribution >= 0.6 is 11.6 Å². The second kappa shape index (κ2) is 10.2. The van der Waals surface area contributed by atoms with E-state index in [4.69, 9.17) is 27.1 Å². The number of rotatable bonds is 8. The molecule has 5 rings (SSSR count). The van der Waals surface area contributed by atoms with Crippen LogP contribution in [0.4, 0.5) is 0 Å². The lowest BCUT2D eigenvalue weighted by atomic mass is 10.1. The first kappa shape index (κ1) is 24.8. The molecule has 37 heavy (non-hydrogen) atoms. The lowest BCUT2D eigenvalue weighted by molar-refractivity contribution is -0.150. The van der Waals surface area contributed by atoms with Crippen LogP contribution in [0.3, 0.4) is 0 Å². The third-order valence-corrected chi connectivity index (χ3v) is 6.41. The van der Waals surface area contributed by atoms with E-state index in [9.17, 15) is 4.79 Å². The molecule has 10 heteroatoms. The first-order chi connectivity index (χ1) is 17.8. The van der Waals surface area contributed by atoms with Crippen LogP contribution in [0.15, 0.2) is 66.9 Å². The molecule has 0 saturated carbocycles. The molecule has 0 aliphatic heterocycles. The zero-order valence-corrected chi connectivity index (χ0v) is 21.2. The van der Waals surface area contributed by atoms with E-state index in [1.165, 1.54) is 0 Å². The Morgan fingerprint density at radius 3 is 2.78 bits per heavy atom. The Hall–Kier alpha value is -3.92. The highest BCUT2D eigenvalue weighted by atomic mass is 35.5. The van der Waals surface area contributed by atoms with E-state index >= 15 is 0 Å². The van der Waals surface area contributed by atoms with Crippen molar-refractivity contribution in [3.05, 3.63) is 83.0 Å². The number of esters is 1. The molecule has 0 amide bonds. The smallest absolute Gasteiger partial charge is 0.340 e. The molecular weight excluding hydrogens is 490 g/mol. The van der Waals surface area contributed by atoms with Crippen molar-refractivity contribution in [1.29, 1.82) is 0 Å². The molecule has 2 aromatic carbocycles. The molecule has 0 radical (unpaired) electrons. The molecule has 188 valence electrons. The Bertz CT molecular complexity index is 1600. The van der Waals surface area contributed by atoms with Crippen LogP contribution in [0.2, 0.25) is 5.02 Å². The van der Waals surface area contributed by atoms with E-state index in [1.807, 2.05) is 54.6 Å². The molecule has 0 saturated heterocycles. The molecule has 0 aliphatic carbocycles. The van der Waals surface area contributed by atoms with Gasteiger partial charge in [-0.1, -0.05) is 41.1 Å². The van der Waals surface area contributed by atoms with Crippen molar-refractivity contribution in [3.63, 3.8) is 0 Å². The number of benzene rings is 2. The maximum Gasteiger partial charge on any atom is 0.340 e. The standard InChI is InChI=1S/C27H26ClN7O2/c1-3-37-26(36)27(2,29)31-15-20-8-7-19(14-21(20)28)23-10-11-24-25(32-23)35(34-33-24)16-17-6-9-22-18(13-17)5-4-12-30-22/h4-14,31H,3,15-16,29H2,1-2H3/t27-/m0/s1. The number of pyridine rings is 2. The van der Waals surface area contributed by atoms with E-state index < -0.39 is 11.6 Å². The minimum Gasteiger partial charge on any atom is -0.464 e. The molecule has 3 heterocycles. The largest absolute Gasteiger partial charge is 0.464 e. The summed E-state index contributed by atoms with van der Waals surface area (Å²) in [5.41, 5.74) is 10.5. The number of carbonyl (C=O) groups is 1. The third-order valence-electron chi connectivity index (χ3n) is 6.05.